The lowest BCUT2D eigenvalue weighted by atomic mass is 9.89. The highest BCUT2D eigenvalue weighted by Gasteiger charge is 2.19. The summed E-state index contributed by atoms with van der Waals surface area (Å²) in [4.78, 5) is 12.6. The number of benzene rings is 2. The molecule has 2 aromatic carbocycles. The SMILES string of the molecule is COc1ccc(-c2nnc(SCC(=O)NC(C)c3ccc4c(c3)CCCC4)n2N)c(OC)c1. The third-order valence-electron chi connectivity index (χ3n) is 5.90. The number of rotatable bonds is 8. The molecule has 1 aromatic heterocycles. The van der Waals surface area contributed by atoms with Gasteiger partial charge in [0.05, 0.1) is 31.6 Å². The molecule has 0 radical (unpaired) electrons. The van der Waals surface area contributed by atoms with Gasteiger partial charge in [-0.1, -0.05) is 30.0 Å². The van der Waals surface area contributed by atoms with E-state index in [1.54, 1.807) is 26.4 Å². The first kappa shape index (κ1) is 23.0. The number of nitrogens with zero attached hydrogens (tertiary/aromatic N) is 3. The van der Waals surface area contributed by atoms with Gasteiger partial charge in [0.25, 0.3) is 0 Å². The van der Waals surface area contributed by atoms with Gasteiger partial charge in [0.2, 0.25) is 11.1 Å². The summed E-state index contributed by atoms with van der Waals surface area (Å²) >= 11 is 1.24. The van der Waals surface area contributed by atoms with Crippen molar-refractivity contribution in [1.29, 1.82) is 0 Å². The highest BCUT2D eigenvalue weighted by atomic mass is 32.2. The van der Waals surface area contributed by atoms with Gasteiger partial charge in [-0.05, 0) is 61.4 Å². The topological polar surface area (TPSA) is 104 Å². The summed E-state index contributed by atoms with van der Waals surface area (Å²) in [5, 5.41) is 11.9. The minimum atomic E-state index is -0.0863. The van der Waals surface area contributed by atoms with E-state index in [1.807, 2.05) is 13.0 Å². The van der Waals surface area contributed by atoms with Gasteiger partial charge in [0, 0.05) is 6.07 Å². The first-order valence-corrected chi connectivity index (χ1v) is 12.0. The van der Waals surface area contributed by atoms with Crippen molar-refractivity contribution in [2.45, 2.75) is 43.8 Å². The predicted molar refractivity (Wildman–Crippen MR) is 129 cm³/mol. The maximum atomic E-state index is 12.6. The average Bonchev–Trinajstić information content (AvgIpc) is 3.21. The quantitative estimate of drug-likeness (QED) is 0.386. The van der Waals surface area contributed by atoms with Crippen molar-refractivity contribution in [2.75, 3.05) is 25.8 Å². The standard InChI is InChI=1S/C24H29N5O3S/c1-15(17-9-8-16-6-4-5-7-18(16)12-17)26-22(30)14-33-24-28-27-23(29(24)25)20-11-10-19(31-2)13-21(20)32-3/h8-13,15H,4-7,14,25H2,1-3H3,(H,26,30). The summed E-state index contributed by atoms with van der Waals surface area (Å²) in [5.74, 6) is 8.00. The van der Waals surface area contributed by atoms with Crippen molar-refractivity contribution in [3.63, 3.8) is 0 Å². The van der Waals surface area contributed by atoms with Crippen LogP contribution in [0.2, 0.25) is 0 Å². The smallest absolute Gasteiger partial charge is 0.230 e. The number of aromatic nitrogens is 3. The van der Waals surface area contributed by atoms with Crippen LogP contribution in [0, 0.1) is 0 Å². The normalized spacial score (nSPS) is 13.8. The molecule has 1 unspecified atom stereocenters. The Morgan fingerprint density at radius 3 is 2.67 bits per heavy atom. The number of ether oxygens (including phenoxy) is 2. The lowest BCUT2D eigenvalue weighted by Gasteiger charge is -2.20. The van der Waals surface area contributed by atoms with Crippen LogP contribution >= 0.6 is 11.8 Å². The Morgan fingerprint density at radius 1 is 1.12 bits per heavy atom. The molecule has 1 atom stereocenters. The highest BCUT2D eigenvalue weighted by Crippen LogP contribution is 2.33. The monoisotopic (exact) mass is 467 g/mol. The Kier molecular flexibility index (Phi) is 7.08. The molecule has 0 saturated carbocycles. The minimum Gasteiger partial charge on any atom is -0.497 e. The van der Waals surface area contributed by atoms with Gasteiger partial charge < -0.3 is 20.6 Å². The molecule has 9 heteroatoms. The molecule has 3 N–H and O–H groups in total. The number of hydrogen-bond donors (Lipinski definition) is 2. The number of carbonyl (C=O) groups excluding carboxylic acids is 1. The van der Waals surface area contributed by atoms with Crippen molar-refractivity contribution in [3.05, 3.63) is 53.1 Å². The van der Waals surface area contributed by atoms with E-state index in [0.29, 0.717) is 28.0 Å². The molecule has 1 aliphatic rings. The number of carbonyl (C=O) groups is 1. The first-order chi connectivity index (χ1) is 16.0. The second-order valence-electron chi connectivity index (χ2n) is 8.06. The molecule has 0 bridgehead atoms. The van der Waals surface area contributed by atoms with Crippen LogP contribution in [0.4, 0.5) is 0 Å². The van der Waals surface area contributed by atoms with Crippen molar-refractivity contribution >= 4 is 17.7 Å². The fourth-order valence-electron chi connectivity index (χ4n) is 4.06. The van der Waals surface area contributed by atoms with Gasteiger partial charge in [-0.25, -0.2) is 4.68 Å². The fraction of sp³-hybridized carbons (Fsp3) is 0.375. The van der Waals surface area contributed by atoms with E-state index in [1.165, 1.54) is 40.4 Å². The number of thioether (sulfide) groups is 1. The number of nitrogens with two attached hydrogens (primary N) is 1. The zero-order valence-corrected chi connectivity index (χ0v) is 19.9. The number of hydrogen-bond acceptors (Lipinski definition) is 7. The van der Waals surface area contributed by atoms with Crippen LogP contribution < -0.4 is 20.6 Å². The highest BCUT2D eigenvalue weighted by molar-refractivity contribution is 7.99. The van der Waals surface area contributed by atoms with Crippen molar-refractivity contribution < 1.29 is 14.3 Å². The summed E-state index contributed by atoms with van der Waals surface area (Å²) < 4.78 is 12.0. The molecular weight excluding hydrogens is 438 g/mol. The van der Waals surface area contributed by atoms with Crippen LogP contribution in [0.5, 0.6) is 11.5 Å². The van der Waals surface area contributed by atoms with Crippen LogP contribution in [0.3, 0.4) is 0 Å². The predicted octanol–water partition coefficient (Wildman–Crippen LogP) is 3.52. The van der Waals surface area contributed by atoms with E-state index in [9.17, 15) is 4.79 Å². The molecule has 1 aliphatic carbocycles. The molecule has 4 rings (SSSR count). The van der Waals surface area contributed by atoms with E-state index in [-0.39, 0.29) is 17.7 Å². The average molecular weight is 468 g/mol. The van der Waals surface area contributed by atoms with Gasteiger partial charge in [0.1, 0.15) is 11.5 Å². The summed E-state index contributed by atoms with van der Waals surface area (Å²) in [6.07, 6.45) is 4.76. The molecule has 0 spiro atoms. The van der Waals surface area contributed by atoms with Crippen molar-refractivity contribution in [3.8, 4) is 22.9 Å². The van der Waals surface area contributed by atoms with E-state index in [4.69, 9.17) is 15.3 Å². The number of fused-ring (bicyclic) bond motifs is 1. The van der Waals surface area contributed by atoms with Gasteiger partial charge in [-0.2, -0.15) is 0 Å². The summed E-state index contributed by atoms with van der Waals surface area (Å²) in [7, 11) is 3.16. The van der Waals surface area contributed by atoms with Crippen LogP contribution in [0.1, 0.15) is 42.5 Å². The van der Waals surface area contributed by atoms with Crippen LogP contribution in [0.25, 0.3) is 11.4 Å². The van der Waals surface area contributed by atoms with Crippen LogP contribution in [-0.2, 0) is 17.6 Å². The molecule has 3 aromatic rings. The number of aryl methyl sites for hydroxylation is 2. The maximum Gasteiger partial charge on any atom is 0.230 e. The Balaban J connectivity index is 1.39. The van der Waals surface area contributed by atoms with E-state index < -0.39 is 0 Å². The maximum absolute atomic E-state index is 12.6. The second kappa shape index (κ2) is 10.2. The minimum absolute atomic E-state index is 0.0693. The van der Waals surface area contributed by atoms with E-state index in [2.05, 4.69) is 33.7 Å². The fourth-order valence-corrected chi connectivity index (χ4v) is 4.73. The summed E-state index contributed by atoms with van der Waals surface area (Å²) in [6.45, 7) is 2.01. The number of nitrogens with one attached hydrogen (secondary N) is 1. The molecule has 8 nitrogen and oxygen atoms in total. The third-order valence-corrected chi connectivity index (χ3v) is 6.84. The zero-order chi connectivity index (χ0) is 23.4. The van der Waals surface area contributed by atoms with E-state index in [0.717, 1.165) is 18.4 Å². The molecule has 1 amide bonds. The zero-order valence-electron chi connectivity index (χ0n) is 19.1. The Labute approximate surface area is 197 Å². The summed E-state index contributed by atoms with van der Waals surface area (Å²) in [6, 6.07) is 11.9. The largest absolute Gasteiger partial charge is 0.497 e. The Bertz CT molecular complexity index is 1150. The Hall–Kier alpha value is -3.20. The van der Waals surface area contributed by atoms with Gasteiger partial charge in [0.15, 0.2) is 5.82 Å². The number of nitrogen functional groups attached to an aromatic ring is 1. The molecular formula is C24H29N5O3S. The van der Waals surface area contributed by atoms with E-state index >= 15 is 0 Å². The Morgan fingerprint density at radius 2 is 1.91 bits per heavy atom. The third kappa shape index (κ3) is 5.08. The van der Waals surface area contributed by atoms with Crippen LogP contribution in [-0.4, -0.2) is 40.8 Å². The summed E-state index contributed by atoms with van der Waals surface area (Å²) in [5.41, 5.74) is 4.66. The lowest BCUT2D eigenvalue weighted by molar-refractivity contribution is -0.119. The van der Waals surface area contributed by atoms with Crippen LogP contribution in [0.15, 0.2) is 41.6 Å². The molecule has 174 valence electrons. The molecule has 1 heterocycles. The molecule has 0 saturated heterocycles. The second-order valence-corrected chi connectivity index (χ2v) is 9.00. The lowest BCUT2D eigenvalue weighted by Crippen LogP contribution is -2.28. The molecule has 0 fully saturated rings. The number of amides is 1. The first-order valence-electron chi connectivity index (χ1n) is 11.0. The van der Waals surface area contributed by atoms with Gasteiger partial charge in [-0.3, -0.25) is 4.79 Å². The molecule has 0 aliphatic heterocycles. The van der Waals surface area contributed by atoms with Crippen molar-refractivity contribution in [1.82, 2.24) is 20.2 Å². The molecule has 33 heavy (non-hydrogen) atoms. The van der Waals surface area contributed by atoms with Gasteiger partial charge in [-0.15, -0.1) is 10.2 Å². The van der Waals surface area contributed by atoms with Gasteiger partial charge >= 0.3 is 0 Å². The number of methoxy groups -OCH3 is 2. The van der Waals surface area contributed by atoms with Crippen molar-refractivity contribution in [2.24, 2.45) is 0 Å².